The van der Waals surface area contributed by atoms with Crippen molar-refractivity contribution < 1.29 is 20.1 Å². The zero-order valence-corrected chi connectivity index (χ0v) is 45.7. The predicted molar refractivity (Wildman–Crippen MR) is 301 cm³/mol. The van der Waals surface area contributed by atoms with Crippen LogP contribution in [0.25, 0.3) is 0 Å². The molecule has 0 aliphatic rings. The van der Waals surface area contributed by atoms with Crippen LogP contribution >= 0.6 is 0 Å². The lowest BCUT2D eigenvalue weighted by Crippen LogP contribution is -2.50. The molecule has 0 aliphatic carbocycles. The first-order valence-corrected chi connectivity index (χ1v) is 30.4. The van der Waals surface area contributed by atoms with Crippen molar-refractivity contribution in [3.8, 4) is 0 Å². The molecule has 5 nitrogen and oxygen atoms in total. The Morgan fingerprint density at radius 2 is 0.647 bits per heavy atom. The lowest BCUT2D eigenvalue weighted by Gasteiger charge is -2.26. The number of amides is 1. The third kappa shape index (κ3) is 52.1. The van der Waals surface area contributed by atoms with Gasteiger partial charge in [-0.25, -0.2) is 0 Å². The number of rotatable bonds is 56. The van der Waals surface area contributed by atoms with Gasteiger partial charge in [0, 0.05) is 6.42 Å². The lowest BCUT2D eigenvalue weighted by molar-refractivity contribution is -0.124. The van der Waals surface area contributed by atoms with Crippen LogP contribution in [0.4, 0.5) is 0 Å². The first-order valence-electron chi connectivity index (χ1n) is 30.4. The monoisotopic (exact) mass is 954 g/mol. The molecule has 0 heterocycles. The number of hydrogen-bond donors (Lipinski definition) is 4. The van der Waals surface area contributed by atoms with E-state index in [1.165, 1.54) is 244 Å². The van der Waals surface area contributed by atoms with Gasteiger partial charge in [0.05, 0.1) is 18.8 Å². The maximum Gasteiger partial charge on any atom is 0.220 e. The van der Waals surface area contributed by atoms with Gasteiger partial charge in [-0.15, -0.1) is 0 Å². The summed E-state index contributed by atoms with van der Waals surface area (Å²) in [6, 6.07) is -0.835. The van der Waals surface area contributed by atoms with Crippen LogP contribution in [-0.2, 0) is 4.79 Å². The highest BCUT2D eigenvalue weighted by molar-refractivity contribution is 5.76. The number of nitrogens with one attached hydrogen (secondary N) is 1. The van der Waals surface area contributed by atoms with E-state index in [0.717, 1.165) is 51.4 Å². The van der Waals surface area contributed by atoms with Crippen molar-refractivity contribution >= 4 is 5.91 Å². The van der Waals surface area contributed by atoms with E-state index in [-0.39, 0.29) is 12.5 Å². The summed E-state index contributed by atoms with van der Waals surface area (Å²) in [4.78, 5) is 12.5. The number of allylic oxidation sites excluding steroid dienone is 8. The number of unbranched alkanes of at least 4 members (excludes halogenated alkanes) is 40. The summed E-state index contributed by atoms with van der Waals surface area (Å²) in [5.41, 5.74) is 0. The van der Waals surface area contributed by atoms with Crippen LogP contribution < -0.4 is 5.32 Å². The van der Waals surface area contributed by atoms with Crippen molar-refractivity contribution in [3.63, 3.8) is 0 Å². The van der Waals surface area contributed by atoms with Crippen LogP contribution in [-0.4, -0.2) is 46.1 Å². The summed E-state index contributed by atoms with van der Waals surface area (Å²) >= 11 is 0. The maximum absolute atomic E-state index is 12.5. The summed E-state index contributed by atoms with van der Waals surface area (Å²) in [5.74, 6) is -0.155. The molecule has 0 saturated heterocycles. The Morgan fingerprint density at radius 1 is 0.368 bits per heavy atom. The van der Waals surface area contributed by atoms with Gasteiger partial charge >= 0.3 is 0 Å². The van der Waals surface area contributed by atoms with Crippen LogP contribution in [0.15, 0.2) is 48.6 Å². The Hall–Kier alpha value is -1.69. The fourth-order valence-corrected chi connectivity index (χ4v) is 9.45. The second-order valence-electron chi connectivity index (χ2n) is 20.9. The van der Waals surface area contributed by atoms with E-state index in [1.54, 1.807) is 0 Å². The van der Waals surface area contributed by atoms with Crippen LogP contribution in [0.3, 0.4) is 0 Å². The molecule has 0 aliphatic heterocycles. The van der Waals surface area contributed by atoms with Crippen LogP contribution in [0.1, 0.15) is 322 Å². The van der Waals surface area contributed by atoms with Crippen LogP contribution in [0.5, 0.6) is 0 Å². The Bertz CT molecular complexity index is 1100. The third-order valence-corrected chi connectivity index (χ3v) is 14.1. The highest BCUT2D eigenvalue weighted by atomic mass is 16.3. The molecule has 5 heteroatoms. The van der Waals surface area contributed by atoms with Gasteiger partial charge in [-0.1, -0.05) is 281 Å². The Labute approximate surface area is 425 Å². The topological polar surface area (TPSA) is 89.8 Å². The Morgan fingerprint density at radius 3 is 0.985 bits per heavy atom. The van der Waals surface area contributed by atoms with E-state index in [1.807, 2.05) is 0 Å². The number of carbonyl (C=O) groups is 1. The van der Waals surface area contributed by atoms with Crippen LogP contribution in [0.2, 0.25) is 0 Å². The Kier molecular flexibility index (Phi) is 56.4. The molecule has 0 saturated carbocycles. The summed E-state index contributed by atoms with van der Waals surface area (Å²) < 4.78 is 0. The standard InChI is InChI=1S/C63H119NO4/c1-3-5-7-9-11-13-15-17-19-21-23-25-27-28-29-30-31-32-33-34-36-38-40-42-44-46-48-50-52-54-56-58-62(67)64-60(59-65)63(68)61(66)57-55-53-51-49-47-45-43-41-39-37-35-26-24-22-20-18-16-14-12-10-8-6-4-2/h23,25,28-29,41,43,49,51,60-61,63,65-66,68H,3-22,24,26-27,30-40,42,44-48,50,52-59H2,1-2H3,(H,64,67)/b25-23-,29-28-,43-41+,51-49+. The van der Waals surface area contributed by atoms with E-state index < -0.39 is 18.2 Å². The average molecular weight is 955 g/mol. The van der Waals surface area contributed by atoms with Gasteiger partial charge in [-0.05, 0) is 83.5 Å². The smallest absolute Gasteiger partial charge is 0.220 e. The highest BCUT2D eigenvalue weighted by Crippen LogP contribution is 2.17. The van der Waals surface area contributed by atoms with Crippen LogP contribution in [0, 0.1) is 0 Å². The maximum atomic E-state index is 12.5. The molecular formula is C63H119NO4. The van der Waals surface area contributed by atoms with E-state index >= 15 is 0 Å². The summed E-state index contributed by atoms with van der Waals surface area (Å²) in [6.07, 6.45) is 77.1. The zero-order chi connectivity index (χ0) is 49.3. The molecule has 3 unspecified atom stereocenters. The van der Waals surface area contributed by atoms with Gasteiger partial charge < -0.3 is 20.6 Å². The molecule has 0 aromatic carbocycles. The normalized spacial score (nSPS) is 13.5. The van der Waals surface area contributed by atoms with E-state index in [4.69, 9.17) is 0 Å². The first-order chi connectivity index (χ1) is 33.6. The van der Waals surface area contributed by atoms with E-state index in [0.29, 0.717) is 12.8 Å². The number of hydrogen-bond acceptors (Lipinski definition) is 4. The fourth-order valence-electron chi connectivity index (χ4n) is 9.45. The SMILES string of the molecule is CCCCCCCCCCC/C=C\C/C=C\CCCCCCCCCCCCCCCCCC(=O)NC(CO)C(O)C(O)CCC/C=C/CC/C=C/CCCCCCCCCCCCCCCC. The molecule has 0 bridgehead atoms. The van der Waals surface area contributed by atoms with Gasteiger partial charge in [0.2, 0.25) is 5.91 Å². The minimum absolute atomic E-state index is 0.155. The van der Waals surface area contributed by atoms with Crippen molar-refractivity contribution in [2.75, 3.05) is 6.61 Å². The van der Waals surface area contributed by atoms with Gasteiger partial charge in [0.15, 0.2) is 0 Å². The van der Waals surface area contributed by atoms with Gasteiger partial charge in [-0.3, -0.25) is 4.79 Å². The van der Waals surface area contributed by atoms with E-state index in [2.05, 4.69) is 67.8 Å². The van der Waals surface area contributed by atoms with Gasteiger partial charge in [-0.2, -0.15) is 0 Å². The molecule has 0 rings (SSSR count). The van der Waals surface area contributed by atoms with Crippen molar-refractivity contribution in [1.82, 2.24) is 5.32 Å². The molecule has 0 fully saturated rings. The van der Waals surface area contributed by atoms with Crippen molar-refractivity contribution in [2.24, 2.45) is 0 Å². The highest BCUT2D eigenvalue weighted by Gasteiger charge is 2.26. The molecule has 0 aromatic heterocycles. The number of aliphatic hydroxyl groups excluding tert-OH is 3. The summed E-state index contributed by atoms with van der Waals surface area (Å²) in [7, 11) is 0. The Balaban J connectivity index is 3.57. The molecular weight excluding hydrogens is 835 g/mol. The van der Waals surface area contributed by atoms with E-state index in [9.17, 15) is 20.1 Å². The molecule has 3 atom stereocenters. The first kappa shape index (κ1) is 66.3. The number of aliphatic hydroxyl groups is 3. The summed E-state index contributed by atoms with van der Waals surface area (Å²) in [6.45, 7) is 4.20. The largest absolute Gasteiger partial charge is 0.394 e. The molecule has 400 valence electrons. The third-order valence-electron chi connectivity index (χ3n) is 14.1. The number of carbonyl (C=O) groups excluding carboxylic acids is 1. The summed E-state index contributed by atoms with van der Waals surface area (Å²) in [5, 5.41) is 33.8. The van der Waals surface area contributed by atoms with Crippen molar-refractivity contribution in [3.05, 3.63) is 48.6 Å². The minimum Gasteiger partial charge on any atom is -0.394 e. The predicted octanol–water partition coefficient (Wildman–Crippen LogP) is 19.2. The second-order valence-corrected chi connectivity index (χ2v) is 20.9. The van der Waals surface area contributed by atoms with Crippen molar-refractivity contribution in [2.45, 2.75) is 340 Å². The molecule has 0 radical (unpaired) electrons. The molecule has 0 aromatic rings. The van der Waals surface area contributed by atoms with Gasteiger partial charge in [0.1, 0.15) is 6.10 Å². The van der Waals surface area contributed by atoms with Crippen molar-refractivity contribution in [1.29, 1.82) is 0 Å². The minimum atomic E-state index is -1.17. The van der Waals surface area contributed by atoms with Gasteiger partial charge in [0.25, 0.3) is 0 Å². The fraction of sp³-hybridized carbons (Fsp3) is 0.857. The average Bonchev–Trinajstić information content (AvgIpc) is 3.34. The molecule has 1 amide bonds. The zero-order valence-electron chi connectivity index (χ0n) is 45.7. The molecule has 0 spiro atoms. The molecule has 4 N–H and O–H groups in total. The second kappa shape index (κ2) is 57.9. The lowest BCUT2D eigenvalue weighted by atomic mass is 10.0. The quantitative estimate of drug-likeness (QED) is 0.0361. The molecule has 68 heavy (non-hydrogen) atoms.